The minimum Gasteiger partial charge on any atom is -0.504 e. The Morgan fingerprint density at radius 2 is 2.06 bits per heavy atom. The fourth-order valence-corrected chi connectivity index (χ4v) is 1.21. The van der Waals surface area contributed by atoms with E-state index in [0.29, 0.717) is 0 Å². The Hall–Kier alpha value is -1.86. The topological polar surface area (TPSA) is 102 Å². The average molecular weight is 230 g/mol. The van der Waals surface area contributed by atoms with Crippen molar-refractivity contribution in [1.29, 1.82) is 0 Å². The molecule has 0 aliphatic rings. The summed E-state index contributed by atoms with van der Waals surface area (Å²) in [6.07, 6.45) is 0. The number of benzene rings is 1. The molecule has 0 heterocycles. The quantitative estimate of drug-likeness (QED) is 0.371. The molecule has 0 bridgehead atoms. The molecular formula is C9H11FN2O4. The molecule has 1 rings (SSSR count). The third kappa shape index (κ3) is 2.05. The first-order chi connectivity index (χ1) is 7.52. The van der Waals surface area contributed by atoms with Crippen LogP contribution in [0.25, 0.3) is 0 Å². The van der Waals surface area contributed by atoms with Gasteiger partial charge in [0.1, 0.15) is 6.04 Å². The molecule has 88 valence electrons. The number of carbonyl (C=O) groups is 1. The number of hydroxylamine groups is 1. The van der Waals surface area contributed by atoms with Gasteiger partial charge in [-0.3, -0.25) is 4.79 Å². The highest BCUT2D eigenvalue weighted by Gasteiger charge is 2.24. The molecule has 0 aromatic heterocycles. The zero-order chi connectivity index (χ0) is 12.3. The maximum absolute atomic E-state index is 13.5. The van der Waals surface area contributed by atoms with Crippen molar-refractivity contribution in [3.63, 3.8) is 0 Å². The second-order valence-electron chi connectivity index (χ2n) is 3.01. The lowest BCUT2D eigenvalue weighted by atomic mass is 10.1. The number of nitrogens with one attached hydrogen (secondary N) is 2. The molecule has 7 heteroatoms. The normalized spacial score (nSPS) is 12.2. The molecule has 5 N–H and O–H groups in total. The third-order valence-electron chi connectivity index (χ3n) is 2.07. The Balaban J connectivity index is 3.21. The summed E-state index contributed by atoms with van der Waals surface area (Å²) in [6, 6.07) is 0.727. The number of hydrogen-bond donors (Lipinski definition) is 5. The van der Waals surface area contributed by atoms with Crippen molar-refractivity contribution in [2.24, 2.45) is 0 Å². The first-order valence-corrected chi connectivity index (χ1v) is 4.34. The number of aromatic hydroxyl groups is 2. The molecule has 6 nitrogen and oxygen atoms in total. The van der Waals surface area contributed by atoms with Gasteiger partial charge in [-0.25, -0.2) is 4.39 Å². The molecule has 0 aliphatic heterocycles. The Labute approximate surface area is 90.3 Å². The molecule has 0 spiro atoms. The van der Waals surface area contributed by atoms with Gasteiger partial charge < -0.3 is 20.7 Å². The molecule has 0 aliphatic carbocycles. The summed E-state index contributed by atoms with van der Waals surface area (Å²) in [5.74, 6) is -3.47. The molecule has 16 heavy (non-hydrogen) atoms. The minimum atomic E-state index is -1.36. The number of halogens is 1. The molecule has 1 atom stereocenters. The molecule has 1 unspecified atom stereocenters. The van der Waals surface area contributed by atoms with E-state index in [2.05, 4.69) is 5.32 Å². The third-order valence-corrected chi connectivity index (χ3v) is 2.07. The highest BCUT2D eigenvalue weighted by molar-refractivity contribution is 5.83. The van der Waals surface area contributed by atoms with Gasteiger partial charge in [-0.15, -0.1) is 0 Å². The maximum Gasteiger partial charge on any atom is 0.243 e. The SMILES string of the molecule is CNC(=O)C(NO)c1ccc(O)c(O)c1F. The lowest BCUT2D eigenvalue weighted by Gasteiger charge is -2.15. The lowest BCUT2D eigenvalue weighted by molar-refractivity contribution is -0.125. The summed E-state index contributed by atoms with van der Waals surface area (Å²) in [5, 5.41) is 29.1. The predicted molar refractivity (Wildman–Crippen MR) is 51.5 cm³/mol. The Morgan fingerprint density at radius 3 is 2.56 bits per heavy atom. The van der Waals surface area contributed by atoms with Crippen LogP contribution >= 0.6 is 0 Å². The van der Waals surface area contributed by atoms with Crippen molar-refractivity contribution in [3.8, 4) is 11.5 Å². The van der Waals surface area contributed by atoms with Crippen LogP contribution < -0.4 is 10.8 Å². The van der Waals surface area contributed by atoms with Gasteiger partial charge in [0, 0.05) is 12.6 Å². The van der Waals surface area contributed by atoms with Crippen molar-refractivity contribution in [3.05, 3.63) is 23.5 Å². The predicted octanol–water partition coefficient (Wildman–Crippen LogP) is 0.00280. The van der Waals surface area contributed by atoms with Crippen LogP contribution in [-0.4, -0.2) is 28.4 Å². The van der Waals surface area contributed by atoms with Gasteiger partial charge >= 0.3 is 0 Å². The van der Waals surface area contributed by atoms with E-state index in [0.717, 1.165) is 12.1 Å². The van der Waals surface area contributed by atoms with E-state index in [1.165, 1.54) is 7.05 Å². The maximum atomic E-state index is 13.5. The first-order valence-electron chi connectivity index (χ1n) is 4.34. The van der Waals surface area contributed by atoms with Crippen LogP contribution in [0.5, 0.6) is 11.5 Å². The summed E-state index contributed by atoms with van der Waals surface area (Å²) >= 11 is 0. The average Bonchev–Trinajstić information content (AvgIpc) is 2.29. The number of phenols is 2. The second-order valence-corrected chi connectivity index (χ2v) is 3.01. The van der Waals surface area contributed by atoms with E-state index in [1.54, 1.807) is 5.48 Å². The van der Waals surface area contributed by atoms with E-state index < -0.39 is 29.3 Å². The minimum absolute atomic E-state index is 0.280. The standard InChI is InChI=1S/C9H11FN2O4/c1-11-9(15)7(12-16)4-2-3-5(13)8(14)6(4)10/h2-3,7,12-14,16H,1H3,(H,11,15). The van der Waals surface area contributed by atoms with E-state index in [9.17, 15) is 9.18 Å². The van der Waals surface area contributed by atoms with E-state index in [4.69, 9.17) is 15.4 Å². The summed E-state index contributed by atoms with van der Waals surface area (Å²) in [4.78, 5) is 11.2. The van der Waals surface area contributed by atoms with Crippen molar-refractivity contribution >= 4 is 5.91 Å². The number of amides is 1. The number of hydrogen-bond acceptors (Lipinski definition) is 5. The Morgan fingerprint density at radius 1 is 1.44 bits per heavy atom. The molecule has 0 saturated carbocycles. The summed E-state index contributed by atoms with van der Waals surface area (Å²) in [6.45, 7) is 0. The van der Waals surface area contributed by atoms with Crippen molar-refractivity contribution in [2.45, 2.75) is 6.04 Å². The zero-order valence-corrected chi connectivity index (χ0v) is 8.36. The number of likely N-dealkylation sites (N-methyl/N-ethyl adjacent to an activating group) is 1. The van der Waals surface area contributed by atoms with Crippen LogP contribution in [0.1, 0.15) is 11.6 Å². The van der Waals surface area contributed by atoms with Crippen LogP contribution in [0.3, 0.4) is 0 Å². The van der Waals surface area contributed by atoms with Gasteiger partial charge in [0.25, 0.3) is 0 Å². The molecule has 1 amide bonds. The summed E-state index contributed by atoms with van der Waals surface area (Å²) in [7, 11) is 1.31. The first kappa shape index (κ1) is 12.2. The number of carbonyl (C=O) groups excluding carboxylic acids is 1. The van der Waals surface area contributed by atoms with Gasteiger partial charge in [0.2, 0.25) is 5.91 Å². The van der Waals surface area contributed by atoms with Crippen LogP contribution in [0.2, 0.25) is 0 Å². The van der Waals surface area contributed by atoms with Gasteiger partial charge in [0.15, 0.2) is 17.3 Å². The van der Waals surface area contributed by atoms with Crippen LogP contribution in [0.15, 0.2) is 12.1 Å². The van der Waals surface area contributed by atoms with E-state index >= 15 is 0 Å². The molecule has 0 radical (unpaired) electrons. The molecule has 0 fully saturated rings. The molecular weight excluding hydrogens is 219 g/mol. The van der Waals surface area contributed by atoms with E-state index in [-0.39, 0.29) is 5.56 Å². The smallest absolute Gasteiger partial charge is 0.243 e. The van der Waals surface area contributed by atoms with Gasteiger partial charge in [-0.2, -0.15) is 5.48 Å². The molecule has 0 saturated heterocycles. The van der Waals surface area contributed by atoms with Crippen molar-refractivity contribution in [2.75, 3.05) is 7.05 Å². The Bertz CT molecular complexity index is 411. The van der Waals surface area contributed by atoms with Gasteiger partial charge in [-0.1, -0.05) is 0 Å². The van der Waals surface area contributed by atoms with Crippen molar-refractivity contribution < 1.29 is 24.6 Å². The summed E-state index contributed by atoms with van der Waals surface area (Å²) < 4.78 is 13.5. The fraction of sp³-hybridized carbons (Fsp3) is 0.222. The highest BCUT2D eigenvalue weighted by Crippen LogP contribution is 2.32. The van der Waals surface area contributed by atoms with Crippen molar-refractivity contribution in [1.82, 2.24) is 10.8 Å². The number of rotatable bonds is 3. The second kappa shape index (κ2) is 4.77. The largest absolute Gasteiger partial charge is 0.504 e. The summed E-state index contributed by atoms with van der Waals surface area (Å²) in [5.41, 5.74) is 1.33. The molecule has 1 aromatic carbocycles. The lowest BCUT2D eigenvalue weighted by Crippen LogP contribution is -2.34. The monoisotopic (exact) mass is 230 g/mol. The molecule has 1 aromatic rings. The number of phenolic OH excluding ortho intramolecular Hbond substituents is 2. The van der Waals surface area contributed by atoms with Gasteiger partial charge in [-0.05, 0) is 12.1 Å². The Kier molecular flexibility index (Phi) is 3.64. The zero-order valence-electron chi connectivity index (χ0n) is 8.36. The van der Waals surface area contributed by atoms with E-state index in [1.807, 2.05) is 0 Å². The van der Waals surface area contributed by atoms with Crippen LogP contribution in [0, 0.1) is 5.82 Å². The van der Waals surface area contributed by atoms with Crippen LogP contribution in [0.4, 0.5) is 4.39 Å². The van der Waals surface area contributed by atoms with Gasteiger partial charge in [0.05, 0.1) is 0 Å². The highest BCUT2D eigenvalue weighted by atomic mass is 19.1. The fourth-order valence-electron chi connectivity index (χ4n) is 1.21. The van der Waals surface area contributed by atoms with Crippen LogP contribution in [-0.2, 0) is 4.79 Å².